The molecule has 6 nitrogen and oxygen atoms in total. The first kappa shape index (κ1) is 10.2. The summed E-state index contributed by atoms with van der Waals surface area (Å²) in [5.41, 5.74) is -0.862. The first-order chi connectivity index (χ1) is 7.65. The molecule has 0 aliphatic carbocycles. The summed E-state index contributed by atoms with van der Waals surface area (Å²) in [5, 5.41) is 9.47. The second kappa shape index (κ2) is 3.65. The van der Waals surface area contributed by atoms with Gasteiger partial charge in [-0.05, 0) is 12.1 Å². The Hall–Kier alpha value is -2.37. The van der Waals surface area contributed by atoms with E-state index in [-0.39, 0.29) is 5.65 Å². The van der Waals surface area contributed by atoms with Crippen molar-refractivity contribution in [3.63, 3.8) is 0 Å². The van der Waals surface area contributed by atoms with Crippen LogP contribution >= 0.6 is 0 Å². The molecule has 0 saturated carbocycles. The van der Waals surface area contributed by atoms with Gasteiger partial charge in [0, 0.05) is 6.20 Å². The Bertz CT molecular complexity index is 618. The lowest BCUT2D eigenvalue weighted by Crippen LogP contribution is -2.23. The van der Waals surface area contributed by atoms with Gasteiger partial charge in [-0.1, -0.05) is 6.07 Å². The minimum Gasteiger partial charge on any atom is -0.492 e. The average Bonchev–Trinajstić information content (AvgIpc) is 2.28. The minimum atomic E-state index is -0.909. The van der Waals surface area contributed by atoms with Crippen LogP contribution in [-0.2, 0) is 4.74 Å². The van der Waals surface area contributed by atoms with E-state index in [4.69, 9.17) is 0 Å². The first-order valence-electron chi connectivity index (χ1n) is 4.44. The molecule has 0 aliphatic heterocycles. The standard InChI is InChI=1S/C10H8N2O4/c1-16-10(15)7-8(13)11-6-4-2-3-5-12(6)9(7)14/h2-5,13H,1H3. The molecule has 2 rings (SSSR count). The molecule has 0 amide bonds. The van der Waals surface area contributed by atoms with Crippen LogP contribution in [0.4, 0.5) is 0 Å². The van der Waals surface area contributed by atoms with Gasteiger partial charge in [0.1, 0.15) is 5.65 Å². The lowest BCUT2D eigenvalue weighted by atomic mass is 10.3. The van der Waals surface area contributed by atoms with Gasteiger partial charge >= 0.3 is 5.97 Å². The Kier molecular flexibility index (Phi) is 2.32. The predicted octanol–water partition coefficient (Wildman–Crippen LogP) is 0.187. The highest BCUT2D eigenvalue weighted by atomic mass is 16.5. The molecule has 0 unspecified atom stereocenters. The van der Waals surface area contributed by atoms with Crippen LogP contribution in [0, 0.1) is 0 Å². The Labute approximate surface area is 89.7 Å². The summed E-state index contributed by atoms with van der Waals surface area (Å²) in [6.45, 7) is 0. The fraction of sp³-hybridized carbons (Fsp3) is 0.100. The Morgan fingerprint density at radius 1 is 1.50 bits per heavy atom. The van der Waals surface area contributed by atoms with Gasteiger partial charge in [-0.2, -0.15) is 4.98 Å². The summed E-state index contributed by atoms with van der Waals surface area (Å²) in [6.07, 6.45) is 1.45. The SMILES string of the molecule is COC(=O)c1c(O)nc2ccccn2c1=O. The molecular formula is C10H8N2O4. The number of carbonyl (C=O) groups is 1. The normalized spacial score (nSPS) is 10.3. The van der Waals surface area contributed by atoms with Gasteiger partial charge in [0.2, 0.25) is 5.88 Å². The van der Waals surface area contributed by atoms with Crippen LogP contribution in [0.25, 0.3) is 5.65 Å². The number of rotatable bonds is 1. The molecule has 0 aliphatic rings. The van der Waals surface area contributed by atoms with Crippen molar-refractivity contribution in [1.82, 2.24) is 9.38 Å². The molecule has 0 radical (unpaired) electrons. The first-order valence-corrected chi connectivity index (χ1v) is 4.44. The van der Waals surface area contributed by atoms with Crippen LogP contribution in [-0.4, -0.2) is 27.6 Å². The number of fused-ring (bicyclic) bond motifs is 1. The van der Waals surface area contributed by atoms with E-state index in [2.05, 4.69) is 9.72 Å². The topological polar surface area (TPSA) is 80.9 Å². The largest absolute Gasteiger partial charge is 0.492 e. The second-order valence-corrected chi connectivity index (χ2v) is 3.04. The van der Waals surface area contributed by atoms with E-state index in [1.54, 1.807) is 18.2 Å². The monoisotopic (exact) mass is 220 g/mol. The molecule has 16 heavy (non-hydrogen) atoms. The van der Waals surface area contributed by atoms with Gasteiger partial charge in [0.05, 0.1) is 7.11 Å². The lowest BCUT2D eigenvalue weighted by molar-refractivity contribution is 0.0594. The van der Waals surface area contributed by atoms with Crippen LogP contribution in [0.1, 0.15) is 10.4 Å². The number of aromatic nitrogens is 2. The molecule has 0 aromatic carbocycles. The van der Waals surface area contributed by atoms with Crippen LogP contribution in [0.3, 0.4) is 0 Å². The molecule has 6 heteroatoms. The quantitative estimate of drug-likeness (QED) is 0.693. The number of pyridine rings is 1. The number of hydrogen-bond donors (Lipinski definition) is 1. The van der Waals surface area contributed by atoms with Crippen molar-refractivity contribution in [3.8, 4) is 5.88 Å². The molecule has 0 bridgehead atoms. The number of esters is 1. The molecule has 82 valence electrons. The van der Waals surface area contributed by atoms with Gasteiger partial charge in [0.15, 0.2) is 5.56 Å². The van der Waals surface area contributed by atoms with Crippen molar-refractivity contribution in [2.24, 2.45) is 0 Å². The van der Waals surface area contributed by atoms with Crippen LogP contribution in [0.15, 0.2) is 29.2 Å². The summed E-state index contributed by atoms with van der Waals surface area (Å²) < 4.78 is 5.55. The molecule has 0 fully saturated rings. The van der Waals surface area contributed by atoms with Gasteiger partial charge in [-0.3, -0.25) is 9.20 Å². The number of methoxy groups -OCH3 is 1. The second-order valence-electron chi connectivity index (χ2n) is 3.04. The number of aromatic hydroxyl groups is 1. The highest BCUT2D eigenvalue weighted by Gasteiger charge is 2.19. The lowest BCUT2D eigenvalue weighted by Gasteiger charge is -2.04. The number of carbonyl (C=O) groups excluding carboxylic acids is 1. The fourth-order valence-corrected chi connectivity index (χ4v) is 1.36. The summed E-state index contributed by atoms with van der Waals surface area (Å²) in [4.78, 5) is 26.8. The Morgan fingerprint density at radius 2 is 2.25 bits per heavy atom. The van der Waals surface area contributed by atoms with Gasteiger partial charge in [0.25, 0.3) is 5.56 Å². The number of ether oxygens (including phenoxy) is 1. The molecule has 0 spiro atoms. The molecule has 1 N–H and O–H groups in total. The maximum atomic E-state index is 11.8. The van der Waals surface area contributed by atoms with Crippen molar-refractivity contribution in [2.45, 2.75) is 0 Å². The van der Waals surface area contributed by atoms with Crippen molar-refractivity contribution >= 4 is 11.6 Å². The third-order valence-electron chi connectivity index (χ3n) is 2.10. The average molecular weight is 220 g/mol. The summed E-state index contributed by atoms with van der Waals surface area (Å²) in [7, 11) is 1.13. The van der Waals surface area contributed by atoms with E-state index in [0.29, 0.717) is 0 Å². The zero-order valence-electron chi connectivity index (χ0n) is 8.38. The molecular weight excluding hydrogens is 212 g/mol. The van der Waals surface area contributed by atoms with E-state index in [0.717, 1.165) is 11.5 Å². The van der Waals surface area contributed by atoms with Crippen molar-refractivity contribution in [2.75, 3.05) is 7.11 Å². The van der Waals surface area contributed by atoms with Gasteiger partial charge in [-0.25, -0.2) is 4.79 Å². The molecule has 0 atom stereocenters. The minimum absolute atomic E-state index is 0.262. The summed E-state index contributed by atoms with van der Waals surface area (Å²) in [5.74, 6) is -1.53. The van der Waals surface area contributed by atoms with Crippen molar-refractivity contribution in [1.29, 1.82) is 0 Å². The van der Waals surface area contributed by atoms with E-state index < -0.39 is 23.0 Å². The zero-order chi connectivity index (χ0) is 11.7. The number of hydrogen-bond acceptors (Lipinski definition) is 5. The zero-order valence-corrected chi connectivity index (χ0v) is 8.38. The van der Waals surface area contributed by atoms with E-state index in [1.165, 1.54) is 6.20 Å². The maximum absolute atomic E-state index is 11.8. The Morgan fingerprint density at radius 3 is 2.94 bits per heavy atom. The van der Waals surface area contributed by atoms with Crippen LogP contribution in [0.5, 0.6) is 5.88 Å². The Balaban J connectivity index is 2.86. The van der Waals surface area contributed by atoms with Gasteiger partial charge in [-0.15, -0.1) is 0 Å². The molecule has 0 saturated heterocycles. The van der Waals surface area contributed by atoms with Crippen molar-refractivity contribution in [3.05, 3.63) is 40.3 Å². The number of nitrogens with zero attached hydrogens (tertiary/aromatic N) is 2. The fourth-order valence-electron chi connectivity index (χ4n) is 1.36. The maximum Gasteiger partial charge on any atom is 0.349 e. The van der Waals surface area contributed by atoms with E-state index >= 15 is 0 Å². The van der Waals surface area contributed by atoms with Gasteiger partial charge < -0.3 is 9.84 Å². The van der Waals surface area contributed by atoms with Crippen molar-refractivity contribution < 1.29 is 14.6 Å². The highest BCUT2D eigenvalue weighted by molar-refractivity contribution is 5.91. The molecule has 2 heterocycles. The van der Waals surface area contributed by atoms with Crippen LogP contribution < -0.4 is 5.56 Å². The van der Waals surface area contributed by atoms with E-state index in [1.807, 2.05) is 0 Å². The summed E-state index contributed by atoms with van der Waals surface area (Å²) in [6, 6.07) is 4.83. The summed E-state index contributed by atoms with van der Waals surface area (Å²) >= 11 is 0. The van der Waals surface area contributed by atoms with E-state index in [9.17, 15) is 14.7 Å². The predicted molar refractivity (Wildman–Crippen MR) is 54.5 cm³/mol. The van der Waals surface area contributed by atoms with Crippen LogP contribution in [0.2, 0.25) is 0 Å². The third-order valence-corrected chi connectivity index (χ3v) is 2.10. The molecule has 2 aromatic rings. The highest BCUT2D eigenvalue weighted by Crippen LogP contribution is 2.11. The smallest absolute Gasteiger partial charge is 0.349 e. The third kappa shape index (κ3) is 1.40. The molecule has 2 aromatic heterocycles.